The summed E-state index contributed by atoms with van der Waals surface area (Å²) < 4.78 is 30.6. The second-order valence-electron chi connectivity index (χ2n) is 7.71. The van der Waals surface area contributed by atoms with E-state index in [0.717, 1.165) is 12.8 Å². The zero-order valence-corrected chi connectivity index (χ0v) is 18.0. The summed E-state index contributed by atoms with van der Waals surface area (Å²) in [6.45, 7) is 3.28. The number of fused-ring (bicyclic) bond motifs is 1. The number of benzene rings is 1. The number of aromatic nitrogens is 3. The Bertz CT molecular complexity index is 1240. The number of alkyl halides is 1. The number of pyridine rings is 1. The predicted molar refractivity (Wildman–Crippen MR) is 115 cm³/mol. The summed E-state index contributed by atoms with van der Waals surface area (Å²) >= 11 is 3.36. The molecule has 0 radical (unpaired) electrons. The van der Waals surface area contributed by atoms with E-state index >= 15 is 0 Å². The van der Waals surface area contributed by atoms with Crippen molar-refractivity contribution in [2.24, 2.45) is 0 Å². The molecule has 5 nitrogen and oxygen atoms in total. The van der Waals surface area contributed by atoms with Gasteiger partial charge in [-0.3, -0.25) is 4.79 Å². The highest BCUT2D eigenvalue weighted by Gasteiger charge is 2.40. The van der Waals surface area contributed by atoms with Crippen LogP contribution in [-0.2, 0) is 5.54 Å². The molecule has 2 aromatic heterocycles. The third-order valence-corrected chi connectivity index (χ3v) is 6.27. The van der Waals surface area contributed by atoms with Crippen LogP contribution < -0.4 is 10.9 Å². The Morgan fingerprint density at radius 2 is 2.03 bits per heavy atom. The standard InChI is InChI=1S/C22H19BrF2N4O/c1-4-16(14-7-5-6-13(12(2)24)18(14)25)28-20-15-10-29(22(3)8-9-22)21(30)17(23)19(15)26-11-27-20/h1,5-7,10-12,16H,8-9H2,2-3H3,(H,26,27,28). The highest BCUT2D eigenvalue weighted by atomic mass is 79.9. The van der Waals surface area contributed by atoms with Crippen molar-refractivity contribution in [3.05, 3.63) is 62.5 Å². The normalized spacial score (nSPS) is 16.7. The number of terminal acetylenes is 1. The lowest BCUT2D eigenvalue weighted by molar-refractivity contribution is 0.360. The van der Waals surface area contributed by atoms with Gasteiger partial charge in [-0.2, -0.15) is 0 Å². The van der Waals surface area contributed by atoms with Crippen LogP contribution in [0.25, 0.3) is 10.9 Å². The van der Waals surface area contributed by atoms with Crippen LogP contribution in [-0.4, -0.2) is 14.5 Å². The summed E-state index contributed by atoms with van der Waals surface area (Å²) in [5, 5.41) is 3.63. The van der Waals surface area contributed by atoms with E-state index in [9.17, 15) is 13.6 Å². The molecule has 1 N–H and O–H groups in total. The molecule has 2 heterocycles. The van der Waals surface area contributed by atoms with Crippen molar-refractivity contribution in [1.82, 2.24) is 14.5 Å². The maximum atomic E-state index is 14.9. The molecular formula is C22H19BrF2N4O. The molecule has 1 aromatic carbocycles. The van der Waals surface area contributed by atoms with Crippen LogP contribution in [0.1, 0.15) is 50.0 Å². The number of anilines is 1. The molecule has 2 atom stereocenters. The lowest BCUT2D eigenvalue weighted by Crippen LogP contribution is -2.28. The summed E-state index contributed by atoms with van der Waals surface area (Å²) in [6.07, 6.45) is 9.02. The zero-order chi connectivity index (χ0) is 21.6. The zero-order valence-electron chi connectivity index (χ0n) is 16.4. The molecule has 0 bridgehead atoms. The third-order valence-electron chi connectivity index (χ3n) is 5.56. The van der Waals surface area contributed by atoms with E-state index in [1.807, 2.05) is 6.92 Å². The summed E-state index contributed by atoms with van der Waals surface area (Å²) in [7, 11) is 0. The molecular weight excluding hydrogens is 454 g/mol. The van der Waals surface area contributed by atoms with Gasteiger partial charge in [0, 0.05) is 22.9 Å². The van der Waals surface area contributed by atoms with Crippen molar-refractivity contribution in [1.29, 1.82) is 0 Å². The minimum Gasteiger partial charge on any atom is -0.352 e. The lowest BCUT2D eigenvalue weighted by atomic mass is 10.0. The first-order valence-electron chi connectivity index (χ1n) is 9.48. The van der Waals surface area contributed by atoms with E-state index < -0.39 is 18.0 Å². The van der Waals surface area contributed by atoms with Gasteiger partial charge in [0.05, 0.1) is 10.9 Å². The van der Waals surface area contributed by atoms with Crippen molar-refractivity contribution in [2.45, 2.75) is 44.4 Å². The van der Waals surface area contributed by atoms with E-state index in [1.54, 1.807) is 16.8 Å². The number of nitrogens with one attached hydrogen (secondary N) is 1. The Morgan fingerprint density at radius 3 is 2.67 bits per heavy atom. The summed E-state index contributed by atoms with van der Waals surface area (Å²) in [6, 6.07) is 3.58. The summed E-state index contributed by atoms with van der Waals surface area (Å²) in [5.74, 6) is 2.18. The highest BCUT2D eigenvalue weighted by molar-refractivity contribution is 9.10. The third kappa shape index (κ3) is 3.37. The molecule has 2 unspecified atom stereocenters. The van der Waals surface area contributed by atoms with Gasteiger partial charge in [-0.15, -0.1) is 6.42 Å². The average molecular weight is 473 g/mol. The molecule has 1 aliphatic carbocycles. The van der Waals surface area contributed by atoms with E-state index in [2.05, 4.69) is 37.1 Å². The van der Waals surface area contributed by atoms with Gasteiger partial charge in [-0.1, -0.05) is 24.1 Å². The second kappa shape index (κ2) is 7.47. The highest BCUT2D eigenvalue weighted by Crippen LogP contribution is 2.43. The fraction of sp³-hybridized carbons (Fsp3) is 0.318. The Labute approximate surface area is 180 Å². The van der Waals surface area contributed by atoms with Crippen molar-refractivity contribution in [3.63, 3.8) is 0 Å². The minimum absolute atomic E-state index is 0.0552. The van der Waals surface area contributed by atoms with Gasteiger partial charge < -0.3 is 9.88 Å². The molecule has 4 rings (SSSR count). The minimum atomic E-state index is -1.46. The monoisotopic (exact) mass is 472 g/mol. The molecule has 1 fully saturated rings. The van der Waals surface area contributed by atoms with Gasteiger partial charge in [0.1, 0.15) is 34.6 Å². The lowest BCUT2D eigenvalue weighted by Gasteiger charge is -2.19. The summed E-state index contributed by atoms with van der Waals surface area (Å²) in [4.78, 5) is 21.2. The van der Waals surface area contributed by atoms with Gasteiger partial charge in [-0.05, 0) is 42.6 Å². The van der Waals surface area contributed by atoms with Crippen LogP contribution in [0.4, 0.5) is 14.6 Å². The Morgan fingerprint density at radius 1 is 1.33 bits per heavy atom. The van der Waals surface area contributed by atoms with Gasteiger partial charge in [-0.25, -0.2) is 18.7 Å². The maximum absolute atomic E-state index is 14.9. The molecule has 0 spiro atoms. The van der Waals surface area contributed by atoms with Gasteiger partial charge in [0.25, 0.3) is 5.56 Å². The van der Waals surface area contributed by atoms with Crippen LogP contribution in [0.15, 0.2) is 40.0 Å². The van der Waals surface area contributed by atoms with Gasteiger partial charge in [0.15, 0.2) is 0 Å². The quantitative estimate of drug-likeness (QED) is 0.529. The van der Waals surface area contributed by atoms with E-state index in [1.165, 1.54) is 25.4 Å². The first-order valence-corrected chi connectivity index (χ1v) is 10.3. The first-order chi connectivity index (χ1) is 14.3. The average Bonchev–Trinajstić information content (AvgIpc) is 3.47. The Balaban J connectivity index is 1.82. The number of hydrogen-bond acceptors (Lipinski definition) is 4. The van der Waals surface area contributed by atoms with Crippen molar-refractivity contribution < 1.29 is 8.78 Å². The number of rotatable bonds is 5. The maximum Gasteiger partial charge on any atom is 0.267 e. The van der Waals surface area contributed by atoms with E-state index in [4.69, 9.17) is 6.42 Å². The molecule has 0 aliphatic heterocycles. The molecule has 0 saturated heterocycles. The van der Waals surface area contributed by atoms with Gasteiger partial charge >= 0.3 is 0 Å². The van der Waals surface area contributed by atoms with Crippen molar-refractivity contribution >= 4 is 32.7 Å². The molecule has 1 aliphatic rings. The number of halogens is 3. The fourth-order valence-corrected chi connectivity index (χ4v) is 3.98. The molecule has 154 valence electrons. The first kappa shape index (κ1) is 20.5. The molecule has 30 heavy (non-hydrogen) atoms. The summed E-state index contributed by atoms with van der Waals surface area (Å²) in [5.41, 5.74) is 0.106. The Kier molecular flexibility index (Phi) is 5.10. The van der Waals surface area contributed by atoms with Crippen LogP contribution in [0.2, 0.25) is 0 Å². The van der Waals surface area contributed by atoms with Crippen molar-refractivity contribution in [3.8, 4) is 12.3 Å². The number of nitrogens with zero attached hydrogens (tertiary/aromatic N) is 3. The van der Waals surface area contributed by atoms with E-state index in [0.29, 0.717) is 21.2 Å². The second-order valence-corrected chi connectivity index (χ2v) is 8.50. The van der Waals surface area contributed by atoms with E-state index in [-0.39, 0.29) is 22.2 Å². The molecule has 1 saturated carbocycles. The van der Waals surface area contributed by atoms with Crippen LogP contribution in [0, 0.1) is 18.2 Å². The Hall–Kier alpha value is -2.79. The van der Waals surface area contributed by atoms with Crippen LogP contribution in [0.3, 0.4) is 0 Å². The smallest absolute Gasteiger partial charge is 0.267 e. The fourth-order valence-electron chi connectivity index (χ4n) is 3.47. The molecule has 0 amide bonds. The predicted octanol–water partition coefficient (Wildman–Crippen LogP) is 5.02. The molecule has 3 aromatic rings. The van der Waals surface area contributed by atoms with Crippen LogP contribution in [0.5, 0.6) is 0 Å². The van der Waals surface area contributed by atoms with Crippen LogP contribution >= 0.6 is 15.9 Å². The molecule has 8 heteroatoms. The number of hydrogen-bond donors (Lipinski definition) is 1. The largest absolute Gasteiger partial charge is 0.352 e. The van der Waals surface area contributed by atoms with Gasteiger partial charge in [0.2, 0.25) is 0 Å². The topological polar surface area (TPSA) is 59.8 Å². The SMILES string of the molecule is C#CC(Nc1ncnc2c(Br)c(=O)n(C3(C)CC3)cc12)c1cccc(C(C)F)c1F. The van der Waals surface area contributed by atoms with Crippen molar-refractivity contribution in [2.75, 3.05) is 5.32 Å².